The second-order valence-corrected chi connectivity index (χ2v) is 23.5. The van der Waals surface area contributed by atoms with Gasteiger partial charge in [0, 0.05) is 79.6 Å². The molecule has 18 aromatic rings. The largest absolute Gasteiger partial charge is 0.306 e. The predicted octanol–water partition coefficient (Wildman–Crippen LogP) is 20.7. The third-order valence-corrected chi connectivity index (χ3v) is 19.6. The SMILES string of the molecule is Cc1ccc(-c2c(-n3c4ccccc4c4ccccc43)c(-n3c4ccccc4c4ccc5c6ccccc6sc5c43)c(C#N)c(-n3c4ccccc4c4ccc5c6ccccc6sc5c43)c2-n2c3ccccc3c3ccccc32)cc1. The Morgan fingerprint density at radius 2 is 0.605 bits per heavy atom. The number of aromatic nitrogens is 4. The van der Waals surface area contributed by atoms with Crippen LogP contribution in [0.15, 0.2) is 243 Å². The summed E-state index contributed by atoms with van der Waals surface area (Å²) in [5.41, 5.74) is 15.6. The minimum Gasteiger partial charge on any atom is -0.306 e. The van der Waals surface area contributed by atoms with Gasteiger partial charge in [-0.1, -0.05) is 200 Å². The summed E-state index contributed by atoms with van der Waals surface area (Å²) in [6.45, 7) is 2.17. The van der Waals surface area contributed by atoms with E-state index in [-0.39, 0.29) is 0 Å². The van der Waals surface area contributed by atoms with Crippen molar-refractivity contribution in [3.05, 3.63) is 254 Å². The summed E-state index contributed by atoms with van der Waals surface area (Å²) in [4.78, 5) is 0. The van der Waals surface area contributed by atoms with Crippen molar-refractivity contribution in [2.75, 3.05) is 0 Å². The van der Waals surface area contributed by atoms with Crippen molar-refractivity contribution >= 4 is 150 Å². The van der Waals surface area contributed by atoms with E-state index in [1.54, 1.807) is 0 Å². The van der Waals surface area contributed by atoms with Crippen molar-refractivity contribution in [3.8, 4) is 39.9 Å². The van der Waals surface area contributed by atoms with Crippen LogP contribution in [0.5, 0.6) is 0 Å². The molecule has 0 saturated carbocycles. The van der Waals surface area contributed by atoms with Crippen molar-refractivity contribution in [1.82, 2.24) is 18.3 Å². The van der Waals surface area contributed by atoms with Crippen LogP contribution in [0, 0.1) is 18.3 Å². The van der Waals surface area contributed by atoms with E-state index < -0.39 is 0 Å². The smallest absolute Gasteiger partial charge is 0.104 e. The molecule has 0 spiro atoms. The number of rotatable bonds is 5. The van der Waals surface area contributed by atoms with Crippen molar-refractivity contribution in [1.29, 1.82) is 5.26 Å². The second kappa shape index (κ2) is 16.7. The normalized spacial score (nSPS) is 12.2. The molecule has 0 aliphatic carbocycles. The van der Waals surface area contributed by atoms with Gasteiger partial charge in [0.15, 0.2) is 0 Å². The fourth-order valence-corrected chi connectivity index (χ4v) is 16.4. The van der Waals surface area contributed by atoms with E-state index in [0.717, 1.165) is 127 Å². The number of thiophene rings is 2. The molecule has 7 heteroatoms. The number of hydrogen-bond donors (Lipinski definition) is 0. The molecule has 0 saturated heterocycles. The van der Waals surface area contributed by atoms with Crippen LogP contribution in [-0.2, 0) is 0 Å². The second-order valence-electron chi connectivity index (χ2n) is 21.4. The molecule has 0 aliphatic heterocycles. The molecule has 0 atom stereocenters. The molecule has 0 bridgehead atoms. The van der Waals surface area contributed by atoms with E-state index in [1.165, 1.54) is 40.3 Å². The predicted molar refractivity (Wildman–Crippen MR) is 344 cm³/mol. The van der Waals surface area contributed by atoms with Crippen molar-refractivity contribution in [2.24, 2.45) is 0 Å². The lowest BCUT2D eigenvalue weighted by Gasteiger charge is -2.29. The first-order valence-electron chi connectivity index (χ1n) is 27.5. The Balaban J connectivity index is 1.21. The molecule has 0 unspecified atom stereocenters. The Bertz CT molecular complexity index is 5370. The van der Waals surface area contributed by atoms with Gasteiger partial charge in [-0.2, -0.15) is 5.26 Å². The van der Waals surface area contributed by atoms with E-state index in [0.29, 0.717) is 5.56 Å². The van der Waals surface area contributed by atoms with Crippen LogP contribution in [0.3, 0.4) is 0 Å². The summed E-state index contributed by atoms with van der Waals surface area (Å²) < 4.78 is 14.8. The van der Waals surface area contributed by atoms with Crippen molar-refractivity contribution < 1.29 is 0 Å². The zero-order valence-electron chi connectivity index (χ0n) is 43.6. The Kier molecular flexibility index (Phi) is 9.19. The summed E-state index contributed by atoms with van der Waals surface area (Å²) in [5.74, 6) is 0. The molecular formula is C74H43N5S2. The molecule has 6 aromatic heterocycles. The van der Waals surface area contributed by atoms with Crippen LogP contribution in [0.1, 0.15) is 11.1 Å². The lowest BCUT2D eigenvalue weighted by atomic mass is 9.93. The van der Waals surface area contributed by atoms with Crippen LogP contribution in [0.4, 0.5) is 0 Å². The molecule has 376 valence electrons. The lowest BCUT2D eigenvalue weighted by molar-refractivity contribution is 1.04. The Morgan fingerprint density at radius 3 is 0.975 bits per heavy atom. The molecule has 0 fully saturated rings. The van der Waals surface area contributed by atoms with E-state index in [2.05, 4.69) is 274 Å². The number of aryl methyl sites for hydroxylation is 1. The standard InChI is InChI=1S/C74H43N5S2/c1-43-34-36-44(37-35-43)66-71(76-58-26-10-2-18-45(58)46-19-3-11-27-59(46)76)67(78-62-30-14-6-22-49(62)53-38-40-55-51-24-8-16-32-64(51)80-73(55)69(53)78)57(42-75)68(72(66)77-60-28-12-4-20-47(60)48-21-5-13-29-61(48)77)79-63-31-15-7-23-50(63)54-39-41-56-52-25-9-17-33-65(52)81-74(56)70(54)79/h2-41H,1H3. The van der Waals surface area contributed by atoms with E-state index in [4.69, 9.17) is 0 Å². The molecule has 0 amide bonds. The van der Waals surface area contributed by atoms with Gasteiger partial charge < -0.3 is 18.3 Å². The third kappa shape index (κ3) is 5.97. The molecule has 0 radical (unpaired) electrons. The highest BCUT2D eigenvalue weighted by molar-refractivity contribution is 7.27. The fourth-order valence-electron chi connectivity index (χ4n) is 13.9. The zero-order chi connectivity index (χ0) is 53.2. The number of nitrogens with zero attached hydrogens (tertiary/aromatic N) is 5. The number of benzene rings is 12. The fraction of sp³-hybridized carbons (Fsp3) is 0.0135. The quantitative estimate of drug-likeness (QED) is 0.169. The summed E-state index contributed by atoms with van der Waals surface area (Å²) >= 11 is 3.67. The average Bonchev–Trinajstić information content (AvgIpc) is 4.20. The molecule has 6 heterocycles. The first kappa shape index (κ1) is 44.7. The molecule has 18 rings (SSSR count). The van der Waals surface area contributed by atoms with Gasteiger partial charge in [0.1, 0.15) is 11.6 Å². The van der Waals surface area contributed by atoms with Gasteiger partial charge in [-0.05, 0) is 61.0 Å². The van der Waals surface area contributed by atoms with Crippen LogP contribution in [0.25, 0.3) is 161 Å². The van der Waals surface area contributed by atoms with Gasteiger partial charge in [-0.3, -0.25) is 0 Å². The zero-order valence-corrected chi connectivity index (χ0v) is 45.3. The van der Waals surface area contributed by atoms with Gasteiger partial charge in [-0.25, -0.2) is 0 Å². The topological polar surface area (TPSA) is 43.5 Å². The number of para-hydroxylation sites is 6. The minimum absolute atomic E-state index is 0.557. The molecule has 81 heavy (non-hydrogen) atoms. The molecular weight excluding hydrogens is 1020 g/mol. The Morgan fingerprint density at radius 1 is 0.296 bits per heavy atom. The van der Waals surface area contributed by atoms with Crippen LogP contribution in [-0.4, -0.2) is 18.3 Å². The first-order chi connectivity index (χ1) is 40.1. The maximum Gasteiger partial charge on any atom is 0.104 e. The summed E-state index contributed by atoms with van der Waals surface area (Å²) in [6.07, 6.45) is 0. The highest BCUT2D eigenvalue weighted by atomic mass is 32.1. The van der Waals surface area contributed by atoms with Gasteiger partial charge >= 0.3 is 0 Å². The molecule has 0 aliphatic rings. The highest BCUT2D eigenvalue weighted by Gasteiger charge is 2.36. The number of nitriles is 1. The van der Waals surface area contributed by atoms with E-state index in [1.807, 2.05) is 22.7 Å². The maximum atomic E-state index is 13.2. The minimum atomic E-state index is 0.557. The molecule has 12 aromatic carbocycles. The first-order valence-corrected chi connectivity index (χ1v) is 29.1. The third-order valence-electron chi connectivity index (χ3n) is 17.3. The number of fused-ring (bicyclic) bond motifs is 20. The van der Waals surface area contributed by atoms with Crippen molar-refractivity contribution in [3.63, 3.8) is 0 Å². The highest BCUT2D eigenvalue weighted by Crippen LogP contribution is 2.54. The lowest BCUT2D eigenvalue weighted by Crippen LogP contribution is -2.16. The molecule has 5 nitrogen and oxygen atoms in total. The summed E-state index contributed by atoms with van der Waals surface area (Å²) in [5, 5.41) is 27.1. The van der Waals surface area contributed by atoms with Gasteiger partial charge in [0.2, 0.25) is 0 Å². The van der Waals surface area contributed by atoms with E-state index in [9.17, 15) is 5.26 Å². The number of hydrogen-bond acceptors (Lipinski definition) is 3. The van der Waals surface area contributed by atoms with Gasteiger partial charge in [0.25, 0.3) is 0 Å². The van der Waals surface area contributed by atoms with Crippen molar-refractivity contribution in [2.45, 2.75) is 6.92 Å². The van der Waals surface area contributed by atoms with Crippen LogP contribution >= 0.6 is 22.7 Å². The van der Waals surface area contributed by atoms with E-state index >= 15 is 0 Å². The maximum absolute atomic E-state index is 13.2. The average molecular weight is 1070 g/mol. The molecule has 0 N–H and O–H groups in total. The summed E-state index contributed by atoms with van der Waals surface area (Å²) in [7, 11) is 0. The van der Waals surface area contributed by atoms with Gasteiger partial charge in [-0.15, -0.1) is 22.7 Å². The van der Waals surface area contributed by atoms with Gasteiger partial charge in [0.05, 0.1) is 76.3 Å². The monoisotopic (exact) mass is 1070 g/mol. The Labute approximate surface area is 471 Å². The van der Waals surface area contributed by atoms with Crippen LogP contribution in [0.2, 0.25) is 0 Å². The van der Waals surface area contributed by atoms with Crippen LogP contribution < -0.4 is 0 Å². The Hall–Kier alpha value is -10.2. The summed E-state index contributed by atoms with van der Waals surface area (Å²) in [6, 6.07) is 92.1.